The fraction of sp³-hybridized carbons (Fsp3) is 0.286. The number of hydrogen-bond donors (Lipinski definition) is 1. The molecule has 116 valence electrons. The zero-order valence-electron chi connectivity index (χ0n) is 12.3. The Balaban J connectivity index is 2.14. The lowest BCUT2D eigenvalue weighted by atomic mass is 10.3. The van der Waals surface area contributed by atoms with Crippen LogP contribution in [0.4, 0.5) is 11.5 Å². The lowest BCUT2D eigenvalue weighted by Crippen LogP contribution is -2.20. The highest BCUT2D eigenvalue weighted by atomic mass is 16.6. The highest BCUT2D eigenvalue weighted by Gasteiger charge is 2.20. The molecule has 1 heterocycles. The highest BCUT2D eigenvalue weighted by molar-refractivity contribution is 5.92. The molecule has 0 aliphatic carbocycles. The predicted molar refractivity (Wildman–Crippen MR) is 79.9 cm³/mol. The molecule has 8 nitrogen and oxygen atoms in total. The number of nitrogens with one attached hydrogen (secondary N) is 1. The van der Waals surface area contributed by atoms with E-state index in [1.165, 1.54) is 4.57 Å². The van der Waals surface area contributed by atoms with Crippen LogP contribution in [0.1, 0.15) is 12.7 Å². The Hall–Kier alpha value is -2.90. The molecule has 0 aliphatic heterocycles. The molecule has 0 aliphatic rings. The fourth-order valence-electron chi connectivity index (χ4n) is 1.98. The van der Waals surface area contributed by atoms with Crippen LogP contribution in [0.15, 0.2) is 30.5 Å². The summed E-state index contributed by atoms with van der Waals surface area (Å²) < 4.78 is 6.67. The van der Waals surface area contributed by atoms with Gasteiger partial charge < -0.3 is 20.2 Å². The van der Waals surface area contributed by atoms with Crippen molar-refractivity contribution in [2.75, 3.05) is 11.9 Å². The molecule has 0 spiro atoms. The van der Waals surface area contributed by atoms with Crippen LogP contribution in [0.2, 0.25) is 0 Å². The lowest BCUT2D eigenvalue weighted by Gasteiger charge is -2.11. The number of carbonyl (C=O) groups excluding carboxylic acids is 1. The van der Waals surface area contributed by atoms with Gasteiger partial charge in [-0.25, -0.2) is 9.55 Å². The zero-order valence-corrected chi connectivity index (χ0v) is 12.3. The van der Waals surface area contributed by atoms with Crippen molar-refractivity contribution in [1.82, 2.24) is 9.55 Å². The van der Waals surface area contributed by atoms with E-state index in [-0.39, 0.29) is 12.4 Å². The van der Waals surface area contributed by atoms with Crippen LogP contribution >= 0.6 is 0 Å². The summed E-state index contributed by atoms with van der Waals surface area (Å²) in [6.07, 6.45) is 1.14. The Bertz CT molecular complexity index is 696. The number of anilines is 1. The zero-order chi connectivity index (χ0) is 16.1. The molecule has 0 saturated heterocycles. The van der Waals surface area contributed by atoms with E-state index >= 15 is 0 Å². The van der Waals surface area contributed by atoms with Crippen molar-refractivity contribution < 1.29 is 14.5 Å². The Morgan fingerprint density at radius 3 is 2.86 bits per heavy atom. The Morgan fingerprint density at radius 2 is 2.18 bits per heavy atom. The topological polar surface area (TPSA) is 99.3 Å². The minimum atomic E-state index is -0.568. The van der Waals surface area contributed by atoms with E-state index in [0.717, 1.165) is 6.20 Å². The Kier molecular flexibility index (Phi) is 4.72. The predicted octanol–water partition coefficient (Wildman–Crippen LogP) is 2.14. The third-order valence-corrected chi connectivity index (χ3v) is 2.98. The van der Waals surface area contributed by atoms with Gasteiger partial charge in [-0.2, -0.15) is 0 Å². The SMILES string of the molecule is CCOc1ccccc1NC(=O)Cn1c([N+](=O)[O-])cnc1C. The molecule has 22 heavy (non-hydrogen) atoms. The third kappa shape index (κ3) is 3.40. The quantitative estimate of drug-likeness (QED) is 0.651. The van der Waals surface area contributed by atoms with E-state index < -0.39 is 10.8 Å². The summed E-state index contributed by atoms with van der Waals surface area (Å²) in [5.41, 5.74) is 0.523. The second-order valence-electron chi connectivity index (χ2n) is 4.48. The number of amides is 1. The number of para-hydroxylation sites is 2. The fourth-order valence-corrected chi connectivity index (χ4v) is 1.98. The van der Waals surface area contributed by atoms with Gasteiger partial charge in [0.25, 0.3) is 5.91 Å². The number of aryl methyl sites for hydroxylation is 1. The standard InChI is InChI=1S/C14H16N4O4/c1-3-22-12-7-5-4-6-11(12)16-13(19)9-17-10(2)15-8-14(17)18(20)21/h4-8H,3,9H2,1-2H3,(H,16,19). The number of rotatable bonds is 6. The molecule has 0 bridgehead atoms. The van der Waals surface area contributed by atoms with E-state index in [1.54, 1.807) is 31.2 Å². The van der Waals surface area contributed by atoms with Crippen LogP contribution in [-0.4, -0.2) is 27.0 Å². The molecule has 0 atom stereocenters. The molecular weight excluding hydrogens is 288 g/mol. The average molecular weight is 304 g/mol. The summed E-state index contributed by atoms with van der Waals surface area (Å²) in [5.74, 6) is 0.345. The molecule has 0 unspecified atom stereocenters. The number of carbonyl (C=O) groups is 1. The summed E-state index contributed by atoms with van der Waals surface area (Å²) in [6, 6.07) is 7.01. The number of ether oxygens (including phenoxy) is 1. The van der Waals surface area contributed by atoms with Crippen LogP contribution in [0.3, 0.4) is 0 Å². The summed E-state index contributed by atoms with van der Waals surface area (Å²) in [4.78, 5) is 26.3. The normalized spacial score (nSPS) is 10.3. The maximum absolute atomic E-state index is 12.1. The average Bonchev–Trinajstić information content (AvgIpc) is 2.83. The first-order chi connectivity index (χ1) is 10.5. The second-order valence-corrected chi connectivity index (χ2v) is 4.48. The van der Waals surface area contributed by atoms with Crippen molar-refractivity contribution in [1.29, 1.82) is 0 Å². The third-order valence-electron chi connectivity index (χ3n) is 2.98. The Labute approximate surface area is 126 Å². The van der Waals surface area contributed by atoms with Crippen LogP contribution in [0.5, 0.6) is 5.75 Å². The maximum atomic E-state index is 12.1. The molecular formula is C14H16N4O4. The molecule has 1 aromatic heterocycles. The van der Waals surface area contributed by atoms with E-state index in [2.05, 4.69) is 10.3 Å². The summed E-state index contributed by atoms with van der Waals surface area (Å²) >= 11 is 0. The largest absolute Gasteiger partial charge is 0.492 e. The molecule has 1 amide bonds. The minimum Gasteiger partial charge on any atom is -0.492 e. The van der Waals surface area contributed by atoms with Crippen molar-refractivity contribution in [2.45, 2.75) is 20.4 Å². The van der Waals surface area contributed by atoms with Crippen LogP contribution in [0, 0.1) is 17.0 Å². The molecule has 0 fully saturated rings. The van der Waals surface area contributed by atoms with Gasteiger partial charge in [0.15, 0.2) is 12.4 Å². The molecule has 0 radical (unpaired) electrons. The van der Waals surface area contributed by atoms with Crippen molar-refractivity contribution in [2.24, 2.45) is 0 Å². The van der Waals surface area contributed by atoms with Crippen LogP contribution in [0.25, 0.3) is 0 Å². The van der Waals surface area contributed by atoms with Crippen LogP contribution < -0.4 is 10.1 Å². The highest BCUT2D eigenvalue weighted by Crippen LogP contribution is 2.24. The first-order valence-corrected chi connectivity index (χ1v) is 6.71. The van der Waals surface area contributed by atoms with Gasteiger partial charge in [0, 0.05) is 6.92 Å². The minimum absolute atomic E-state index is 0.192. The number of imidazole rings is 1. The first-order valence-electron chi connectivity index (χ1n) is 6.71. The lowest BCUT2D eigenvalue weighted by molar-refractivity contribution is -0.392. The van der Waals surface area contributed by atoms with Crippen molar-refractivity contribution in [3.05, 3.63) is 46.4 Å². The van der Waals surface area contributed by atoms with Gasteiger partial charge in [0.2, 0.25) is 0 Å². The molecule has 2 aromatic rings. The molecule has 1 N–H and O–H groups in total. The number of aromatic nitrogens is 2. The van der Waals surface area contributed by atoms with Crippen molar-refractivity contribution >= 4 is 17.4 Å². The van der Waals surface area contributed by atoms with Gasteiger partial charge in [-0.15, -0.1) is 0 Å². The summed E-state index contributed by atoms with van der Waals surface area (Å²) in [6.45, 7) is 3.73. The number of benzene rings is 1. The van der Waals surface area contributed by atoms with E-state index in [1.807, 2.05) is 6.92 Å². The number of nitrogens with zero attached hydrogens (tertiary/aromatic N) is 3. The van der Waals surface area contributed by atoms with Gasteiger partial charge in [-0.3, -0.25) is 4.79 Å². The Morgan fingerprint density at radius 1 is 1.45 bits per heavy atom. The monoisotopic (exact) mass is 304 g/mol. The summed E-state index contributed by atoms with van der Waals surface area (Å²) in [7, 11) is 0. The molecule has 2 rings (SSSR count). The van der Waals surface area contributed by atoms with E-state index in [9.17, 15) is 14.9 Å². The van der Waals surface area contributed by atoms with Gasteiger partial charge in [-0.05, 0) is 24.0 Å². The summed E-state index contributed by atoms with van der Waals surface area (Å²) in [5, 5.41) is 13.6. The van der Waals surface area contributed by atoms with Gasteiger partial charge in [0.05, 0.1) is 12.3 Å². The number of nitro groups is 1. The van der Waals surface area contributed by atoms with E-state index in [4.69, 9.17) is 4.74 Å². The molecule has 0 saturated carbocycles. The first kappa shape index (κ1) is 15.5. The molecule has 8 heteroatoms. The smallest absolute Gasteiger partial charge is 0.343 e. The van der Waals surface area contributed by atoms with Gasteiger partial charge >= 0.3 is 5.82 Å². The van der Waals surface area contributed by atoms with Crippen LogP contribution in [-0.2, 0) is 11.3 Å². The molecule has 1 aromatic carbocycles. The van der Waals surface area contributed by atoms with Gasteiger partial charge in [-0.1, -0.05) is 12.1 Å². The van der Waals surface area contributed by atoms with Gasteiger partial charge in [0.1, 0.15) is 11.9 Å². The van der Waals surface area contributed by atoms with Crippen molar-refractivity contribution in [3.8, 4) is 5.75 Å². The number of hydrogen-bond acceptors (Lipinski definition) is 5. The second kappa shape index (κ2) is 6.70. The van der Waals surface area contributed by atoms with E-state index in [0.29, 0.717) is 23.9 Å². The van der Waals surface area contributed by atoms with Crippen molar-refractivity contribution in [3.63, 3.8) is 0 Å². The maximum Gasteiger partial charge on any atom is 0.343 e.